The molecule has 2 saturated heterocycles. The Bertz CT molecular complexity index is 558. The van der Waals surface area contributed by atoms with Crippen LogP contribution >= 0.6 is 11.6 Å². The Kier molecular flexibility index (Phi) is 4.61. The van der Waals surface area contributed by atoms with Crippen molar-refractivity contribution in [1.82, 2.24) is 10.6 Å². The lowest BCUT2D eigenvalue weighted by atomic mass is 10.2. The SMILES string of the molecule is O=C(NC1CCN(c2ccc(Cl)cc2)C1=O)C1COCCN1. The summed E-state index contributed by atoms with van der Waals surface area (Å²) in [7, 11) is 0. The minimum absolute atomic E-state index is 0.0904. The molecule has 2 aliphatic heterocycles. The van der Waals surface area contributed by atoms with Gasteiger partial charge < -0.3 is 20.3 Å². The third-order valence-electron chi connectivity index (χ3n) is 3.90. The Hall–Kier alpha value is -1.63. The largest absolute Gasteiger partial charge is 0.378 e. The Balaban J connectivity index is 1.61. The normalized spacial score (nSPS) is 25.3. The molecule has 2 amide bonds. The summed E-state index contributed by atoms with van der Waals surface area (Å²) < 4.78 is 5.27. The van der Waals surface area contributed by atoms with E-state index in [9.17, 15) is 9.59 Å². The molecule has 2 heterocycles. The maximum atomic E-state index is 12.4. The van der Waals surface area contributed by atoms with Gasteiger partial charge in [-0.25, -0.2) is 0 Å². The Morgan fingerprint density at radius 1 is 1.36 bits per heavy atom. The highest BCUT2D eigenvalue weighted by molar-refractivity contribution is 6.30. The molecule has 7 heteroatoms. The summed E-state index contributed by atoms with van der Waals surface area (Å²) in [6.07, 6.45) is 0.598. The minimum Gasteiger partial charge on any atom is -0.378 e. The summed E-state index contributed by atoms with van der Waals surface area (Å²) in [6, 6.07) is 6.25. The number of morpholine rings is 1. The van der Waals surface area contributed by atoms with Crippen molar-refractivity contribution in [2.75, 3.05) is 31.2 Å². The number of hydrogen-bond acceptors (Lipinski definition) is 4. The van der Waals surface area contributed by atoms with Gasteiger partial charge in [-0.3, -0.25) is 9.59 Å². The molecule has 0 bridgehead atoms. The van der Waals surface area contributed by atoms with E-state index in [1.807, 2.05) is 0 Å². The van der Waals surface area contributed by atoms with E-state index in [-0.39, 0.29) is 17.9 Å². The molecule has 0 spiro atoms. The number of benzene rings is 1. The molecule has 3 rings (SSSR count). The highest BCUT2D eigenvalue weighted by Crippen LogP contribution is 2.23. The van der Waals surface area contributed by atoms with Crippen LogP contribution in [0.3, 0.4) is 0 Å². The molecule has 2 unspecified atom stereocenters. The quantitative estimate of drug-likeness (QED) is 0.852. The molecule has 22 heavy (non-hydrogen) atoms. The molecule has 1 aromatic carbocycles. The molecular formula is C15H18ClN3O3. The monoisotopic (exact) mass is 323 g/mol. The standard InChI is InChI=1S/C15H18ClN3O3/c16-10-1-3-11(4-2-10)19-7-5-12(15(19)21)18-14(20)13-9-22-8-6-17-13/h1-4,12-13,17H,5-9H2,(H,18,20). The summed E-state index contributed by atoms with van der Waals surface area (Å²) in [5, 5.41) is 6.52. The van der Waals surface area contributed by atoms with Gasteiger partial charge in [-0.15, -0.1) is 0 Å². The van der Waals surface area contributed by atoms with Gasteiger partial charge in [0.15, 0.2) is 0 Å². The van der Waals surface area contributed by atoms with E-state index < -0.39 is 6.04 Å². The van der Waals surface area contributed by atoms with Gasteiger partial charge in [0, 0.05) is 23.8 Å². The summed E-state index contributed by atoms with van der Waals surface area (Å²) in [5.74, 6) is -0.275. The van der Waals surface area contributed by atoms with Crippen LogP contribution in [0.2, 0.25) is 5.02 Å². The number of carbonyl (C=O) groups excluding carboxylic acids is 2. The highest BCUT2D eigenvalue weighted by atomic mass is 35.5. The fourth-order valence-electron chi connectivity index (χ4n) is 2.70. The van der Waals surface area contributed by atoms with E-state index in [4.69, 9.17) is 16.3 Å². The Labute approximate surface area is 133 Å². The molecular weight excluding hydrogens is 306 g/mol. The molecule has 0 radical (unpaired) electrons. The zero-order valence-corrected chi connectivity index (χ0v) is 12.8. The number of rotatable bonds is 3. The molecule has 1 aromatic rings. The van der Waals surface area contributed by atoms with Gasteiger partial charge in [-0.1, -0.05) is 11.6 Å². The predicted octanol–water partition coefficient (Wildman–Crippen LogP) is 0.550. The van der Waals surface area contributed by atoms with Crippen molar-refractivity contribution < 1.29 is 14.3 Å². The van der Waals surface area contributed by atoms with Crippen LogP contribution in [-0.2, 0) is 14.3 Å². The summed E-state index contributed by atoms with van der Waals surface area (Å²) in [5.41, 5.74) is 0.797. The smallest absolute Gasteiger partial charge is 0.249 e. The maximum absolute atomic E-state index is 12.4. The second kappa shape index (κ2) is 6.64. The first-order valence-electron chi connectivity index (χ1n) is 7.33. The number of nitrogens with zero attached hydrogens (tertiary/aromatic N) is 1. The van der Waals surface area contributed by atoms with Gasteiger partial charge in [-0.05, 0) is 30.7 Å². The second-order valence-corrected chi connectivity index (χ2v) is 5.83. The van der Waals surface area contributed by atoms with Crippen molar-refractivity contribution in [2.45, 2.75) is 18.5 Å². The van der Waals surface area contributed by atoms with Crippen LogP contribution in [0.1, 0.15) is 6.42 Å². The molecule has 2 aliphatic rings. The lowest BCUT2D eigenvalue weighted by Crippen LogP contribution is -2.54. The second-order valence-electron chi connectivity index (χ2n) is 5.40. The molecule has 0 saturated carbocycles. The number of halogens is 1. The summed E-state index contributed by atoms with van der Waals surface area (Å²) in [6.45, 7) is 2.18. The van der Waals surface area contributed by atoms with Crippen molar-refractivity contribution in [2.24, 2.45) is 0 Å². The fourth-order valence-corrected chi connectivity index (χ4v) is 2.82. The topological polar surface area (TPSA) is 70.7 Å². The number of amides is 2. The van der Waals surface area contributed by atoms with Crippen LogP contribution in [0.25, 0.3) is 0 Å². The summed E-state index contributed by atoms with van der Waals surface area (Å²) >= 11 is 5.86. The lowest BCUT2D eigenvalue weighted by Gasteiger charge is -2.24. The van der Waals surface area contributed by atoms with Crippen LogP contribution in [0.15, 0.2) is 24.3 Å². The Morgan fingerprint density at radius 2 is 2.14 bits per heavy atom. The van der Waals surface area contributed by atoms with Crippen molar-refractivity contribution >= 4 is 29.1 Å². The van der Waals surface area contributed by atoms with Crippen molar-refractivity contribution in [3.63, 3.8) is 0 Å². The third kappa shape index (κ3) is 3.24. The minimum atomic E-state index is -0.480. The first-order chi connectivity index (χ1) is 10.6. The number of carbonyl (C=O) groups is 2. The van der Waals surface area contributed by atoms with E-state index in [1.165, 1.54) is 0 Å². The van der Waals surface area contributed by atoms with Crippen LogP contribution in [0.5, 0.6) is 0 Å². The van der Waals surface area contributed by atoms with Crippen molar-refractivity contribution in [3.05, 3.63) is 29.3 Å². The molecule has 0 aliphatic carbocycles. The molecule has 6 nitrogen and oxygen atoms in total. The van der Waals surface area contributed by atoms with Crippen LogP contribution in [-0.4, -0.2) is 50.2 Å². The Morgan fingerprint density at radius 3 is 2.82 bits per heavy atom. The van der Waals surface area contributed by atoms with Gasteiger partial charge in [-0.2, -0.15) is 0 Å². The fraction of sp³-hybridized carbons (Fsp3) is 0.467. The molecule has 2 atom stereocenters. The van der Waals surface area contributed by atoms with Crippen molar-refractivity contribution in [3.8, 4) is 0 Å². The predicted molar refractivity (Wildman–Crippen MR) is 83.0 cm³/mol. The van der Waals surface area contributed by atoms with Gasteiger partial charge in [0.2, 0.25) is 11.8 Å². The van der Waals surface area contributed by atoms with Gasteiger partial charge >= 0.3 is 0 Å². The first-order valence-corrected chi connectivity index (χ1v) is 7.71. The average molecular weight is 324 g/mol. The number of ether oxygens (including phenoxy) is 1. The molecule has 2 fully saturated rings. The van der Waals surface area contributed by atoms with Gasteiger partial charge in [0.1, 0.15) is 12.1 Å². The summed E-state index contributed by atoms with van der Waals surface area (Å²) in [4.78, 5) is 26.3. The van der Waals surface area contributed by atoms with Crippen LogP contribution < -0.4 is 15.5 Å². The highest BCUT2D eigenvalue weighted by Gasteiger charge is 2.35. The average Bonchev–Trinajstić information content (AvgIpc) is 2.90. The van der Waals surface area contributed by atoms with E-state index >= 15 is 0 Å². The number of anilines is 1. The maximum Gasteiger partial charge on any atom is 0.249 e. The zero-order valence-electron chi connectivity index (χ0n) is 12.0. The number of hydrogen-bond donors (Lipinski definition) is 2. The number of nitrogens with one attached hydrogen (secondary N) is 2. The first kappa shape index (κ1) is 15.3. The molecule has 118 valence electrons. The van der Waals surface area contributed by atoms with E-state index in [2.05, 4.69) is 10.6 Å². The van der Waals surface area contributed by atoms with Crippen LogP contribution in [0.4, 0.5) is 5.69 Å². The third-order valence-corrected chi connectivity index (χ3v) is 4.15. The zero-order chi connectivity index (χ0) is 15.5. The molecule has 2 N–H and O–H groups in total. The van der Waals surface area contributed by atoms with E-state index in [0.717, 1.165) is 5.69 Å². The van der Waals surface area contributed by atoms with E-state index in [0.29, 0.717) is 37.7 Å². The van der Waals surface area contributed by atoms with Gasteiger partial charge in [0.25, 0.3) is 0 Å². The van der Waals surface area contributed by atoms with Gasteiger partial charge in [0.05, 0.1) is 13.2 Å². The van der Waals surface area contributed by atoms with E-state index in [1.54, 1.807) is 29.2 Å². The van der Waals surface area contributed by atoms with Crippen molar-refractivity contribution in [1.29, 1.82) is 0 Å². The lowest BCUT2D eigenvalue weighted by molar-refractivity contribution is -0.129. The molecule has 0 aromatic heterocycles. The van der Waals surface area contributed by atoms with Crippen LogP contribution in [0, 0.1) is 0 Å².